The van der Waals surface area contributed by atoms with Crippen molar-refractivity contribution in [3.63, 3.8) is 0 Å². The second-order valence-electron chi connectivity index (χ2n) is 8.76. The Kier molecular flexibility index (Phi) is 5.46. The number of benzene rings is 3. The predicted molar refractivity (Wildman–Crippen MR) is 127 cm³/mol. The Hall–Kier alpha value is -3.13. The zero-order valence-electron chi connectivity index (χ0n) is 17.9. The average molecular weight is 408 g/mol. The van der Waals surface area contributed by atoms with Gasteiger partial charge in [-0.05, 0) is 29.5 Å². The highest BCUT2D eigenvalue weighted by molar-refractivity contribution is 6.01. The predicted octanol–water partition coefficient (Wildman–Crippen LogP) is 6.23. The molecule has 1 amide bonds. The van der Waals surface area contributed by atoms with Crippen LogP contribution in [0.15, 0.2) is 97.1 Å². The van der Waals surface area contributed by atoms with Crippen LogP contribution in [0.5, 0.6) is 0 Å². The van der Waals surface area contributed by atoms with E-state index < -0.39 is 5.41 Å². The van der Waals surface area contributed by atoms with Crippen molar-refractivity contribution < 1.29 is 4.79 Å². The third-order valence-corrected chi connectivity index (χ3v) is 7.01. The number of hydrogen-bond acceptors (Lipinski definition) is 1. The van der Waals surface area contributed by atoms with Crippen molar-refractivity contribution in [2.75, 3.05) is 0 Å². The molecule has 3 aromatic carbocycles. The maximum atomic E-state index is 14.1. The first-order valence-electron chi connectivity index (χ1n) is 11.5. The Labute approximate surface area is 185 Å². The molecular formula is C29H29NO. The van der Waals surface area contributed by atoms with Crippen LogP contribution in [0.25, 0.3) is 6.08 Å². The second-order valence-corrected chi connectivity index (χ2v) is 8.76. The van der Waals surface area contributed by atoms with Crippen LogP contribution >= 0.6 is 0 Å². The fourth-order valence-corrected chi connectivity index (χ4v) is 5.51. The summed E-state index contributed by atoms with van der Waals surface area (Å²) in [5.74, 6) is 0.250. The minimum atomic E-state index is -0.661. The molecule has 1 saturated carbocycles. The second kappa shape index (κ2) is 8.55. The molecule has 2 heteroatoms. The van der Waals surface area contributed by atoms with E-state index in [0.29, 0.717) is 6.04 Å². The van der Waals surface area contributed by atoms with Gasteiger partial charge in [-0.2, -0.15) is 0 Å². The summed E-state index contributed by atoms with van der Waals surface area (Å²) in [5, 5.41) is 0. The largest absolute Gasteiger partial charge is 0.330 e. The number of carbonyl (C=O) groups is 1. The molecule has 3 aromatic rings. The van der Waals surface area contributed by atoms with Crippen LogP contribution in [0.3, 0.4) is 0 Å². The van der Waals surface area contributed by atoms with Gasteiger partial charge in [0.05, 0.1) is 6.04 Å². The molecule has 2 fully saturated rings. The smallest absolute Gasteiger partial charge is 0.240 e. The van der Waals surface area contributed by atoms with E-state index >= 15 is 0 Å². The Balaban J connectivity index is 1.64. The van der Waals surface area contributed by atoms with Gasteiger partial charge < -0.3 is 4.90 Å². The molecule has 31 heavy (non-hydrogen) atoms. The number of likely N-dealkylation sites (tertiary alicyclic amines) is 1. The van der Waals surface area contributed by atoms with Crippen molar-refractivity contribution in [1.29, 1.82) is 0 Å². The molecule has 1 heterocycles. The molecule has 1 aliphatic carbocycles. The standard InChI is InChI=1S/C29H29NO/c31-28-29(24-15-7-2-8-16-24,25-17-9-3-10-18-25)27(22-21-23-13-5-1-6-14-23)30(28)26-19-11-4-12-20-26/h1-3,5-10,13-18,21-22,26-27H,4,11-12,19-20H2/b22-21+. The Morgan fingerprint density at radius 2 is 1.23 bits per heavy atom. The van der Waals surface area contributed by atoms with Crippen molar-refractivity contribution in [3.8, 4) is 0 Å². The van der Waals surface area contributed by atoms with E-state index in [2.05, 4.69) is 89.8 Å². The quantitative estimate of drug-likeness (QED) is 0.459. The van der Waals surface area contributed by atoms with Gasteiger partial charge in [0.25, 0.3) is 0 Å². The van der Waals surface area contributed by atoms with Gasteiger partial charge in [-0.3, -0.25) is 4.79 Å². The first-order valence-corrected chi connectivity index (χ1v) is 11.5. The zero-order valence-corrected chi connectivity index (χ0v) is 17.9. The molecule has 5 rings (SSSR count). The maximum absolute atomic E-state index is 14.1. The lowest BCUT2D eigenvalue weighted by Gasteiger charge is -2.59. The fourth-order valence-electron chi connectivity index (χ4n) is 5.51. The van der Waals surface area contributed by atoms with E-state index in [1.54, 1.807) is 0 Å². The third-order valence-electron chi connectivity index (χ3n) is 7.01. The molecule has 0 N–H and O–H groups in total. The van der Waals surface area contributed by atoms with E-state index in [1.807, 2.05) is 18.2 Å². The molecule has 0 radical (unpaired) electrons. The molecule has 0 bridgehead atoms. The van der Waals surface area contributed by atoms with Crippen LogP contribution in [-0.2, 0) is 10.2 Å². The van der Waals surface area contributed by atoms with Gasteiger partial charge in [-0.1, -0.05) is 122 Å². The summed E-state index contributed by atoms with van der Waals surface area (Å²) in [6.45, 7) is 0. The summed E-state index contributed by atoms with van der Waals surface area (Å²) in [6.07, 6.45) is 10.4. The molecule has 1 unspecified atom stereocenters. The van der Waals surface area contributed by atoms with Gasteiger partial charge in [0, 0.05) is 6.04 Å². The van der Waals surface area contributed by atoms with Crippen LogP contribution in [-0.4, -0.2) is 22.9 Å². The highest BCUT2D eigenvalue weighted by Crippen LogP contribution is 2.50. The Morgan fingerprint density at radius 3 is 1.77 bits per heavy atom. The summed E-state index contributed by atoms with van der Waals surface area (Å²) < 4.78 is 0. The molecule has 1 aliphatic heterocycles. The van der Waals surface area contributed by atoms with Crippen LogP contribution in [0.4, 0.5) is 0 Å². The summed E-state index contributed by atoms with van der Waals surface area (Å²) >= 11 is 0. The highest BCUT2D eigenvalue weighted by Gasteiger charge is 2.62. The number of rotatable bonds is 5. The van der Waals surface area contributed by atoms with Gasteiger partial charge >= 0.3 is 0 Å². The number of amides is 1. The SMILES string of the molecule is O=C1N(C2CCCCC2)C(/C=C/c2ccccc2)C1(c1ccccc1)c1ccccc1. The molecule has 1 atom stereocenters. The zero-order chi connectivity index (χ0) is 21.1. The summed E-state index contributed by atoms with van der Waals surface area (Å²) in [7, 11) is 0. The van der Waals surface area contributed by atoms with Crippen molar-refractivity contribution in [2.45, 2.75) is 49.6 Å². The molecule has 156 valence electrons. The monoisotopic (exact) mass is 407 g/mol. The van der Waals surface area contributed by atoms with Crippen molar-refractivity contribution in [1.82, 2.24) is 4.90 Å². The number of hydrogen-bond donors (Lipinski definition) is 0. The number of nitrogens with zero attached hydrogens (tertiary/aromatic N) is 1. The Bertz CT molecular complexity index is 996. The van der Waals surface area contributed by atoms with E-state index in [9.17, 15) is 4.79 Å². The van der Waals surface area contributed by atoms with E-state index in [4.69, 9.17) is 0 Å². The normalized spacial score (nSPS) is 21.2. The molecule has 2 nitrogen and oxygen atoms in total. The molecule has 0 aromatic heterocycles. The number of carbonyl (C=O) groups excluding carboxylic acids is 1. The first-order chi connectivity index (χ1) is 15.3. The van der Waals surface area contributed by atoms with E-state index in [1.165, 1.54) is 24.8 Å². The molecule has 0 spiro atoms. The number of β-lactam (4-membered cyclic amide) rings is 1. The maximum Gasteiger partial charge on any atom is 0.240 e. The van der Waals surface area contributed by atoms with Gasteiger partial charge in [0.2, 0.25) is 5.91 Å². The van der Waals surface area contributed by atoms with Crippen LogP contribution in [0, 0.1) is 0 Å². The van der Waals surface area contributed by atoms with E-state index in [-0.39, 0.29) is 11.9 Å². The fraction of sp³-hybridized carbons (Fsp3) is 0.276. The lowest BCUT2D eigenvalue weighted by molar-refractivity contribution is -0.159. The van der Waals surface area contributed by atoms with Crippen LogP contribution in [0.1, 0.15) is 48.8 Å². The summed E-state index contributed by atoms with van der Waals surface area (Å²) in [5.41, 5.74) is 2.67. The van der Waals surface area contributed by atoms with Crippen molar-refractivity contribution in [3.05, 3.63) is 114 Å². The molecule has 1 saturated heterocycles. The van der Waals surface area contributed by atoms with Gasteiger partial charge in [0.15, 0.2) is 0 Å². The minimum absolute atomic E-state index is 0.00751. The van der Waals surface area contributed by atoms with Gasteiger partial charge in [-0.25, -0.2) is 0 Å². The molecular weight excluding hydrogens is 378 g/mol. The third kappa shape index (κ3) is 3.40. The van der Waals surface area contributed by atoms with Gasteiger partial charge in [0.1, 0.15) is 5.41 Å². The van der Waals surface area contributed by atoms with E-state index in [0.717, 1.165) is 24.0 Å². The minimum Gasteiger partial charge on any atom is -0.330 e. The first kappa shape index (κ1) is 19.8. The summed E-state index contributed by atoms with van der Waals surface area (Å²) in [4.78, 5) is 16.3. The van der Waals surface area contributed by atoms with Crippen LogP contribution < -0.4 is 0 Å². The lowest BCUT2D eigenvalue weighted by Crippen LogP contribution is -2.73. The molecule has 2 aliphatic rings. The van der Waals surface area contributed by atoms with Gasteiger partial charge in [-0.15, -0.1) is 0 Å². The van der Waals surface area contributed by atoms with Crippen LogP contribution in [0.2, 0.25) is 0 Å². The van der Waals surface area contributed by atoms with Crippen molar-refractivity contribution in [2.24, 2.45) is 0 Å². The van der Waals surface area contributed by atoms with Crippen molar-refractivity contribution >= 4 is 12.0 Å². The highest BCUT2D eigenvalue weighted by atomic mass is 16.2. The summed E-state index contributed by atoms with van der Waals surface area (Å²) in [6, 6.07) is 31.5. The Morgan fingerprint density at radius 1 is 0.710 bits per heavy atom. The topological polar surface area (TPSA) is 20.3 Å². The lowest BCUT2D eigenvalue weighted by atomic mass is 9.60. The average Bonchev–Trinajstić information content (AvgIpc) is 2.84.